The number of hydrogen-bond donors (Lipinski definition) is 1. The van der Waals surface area contributed by atoms with Gasteiger partial charge in [0.15, 0.2) is 5.15 Å². The summed E-state index contributed by atoms with van der Waals surface area (Å²) in [6, 6.07) is 6.99. The van der Waals surface area contributed by atoms with E-state index in [0.29, 0.717) is 10.6 Å². The topological polar surface area (TPSA) is 77.4 Å². The van der Waals surface area contributed by atoms with Crippen molar-refractivity contribution < 1.29 is 9.90 Å². The van der Waals surface area contributed by atoms with Crippen LogP contribution in [-0.4, -0.2) is 17.2 Å². The fourth-order valence-electron chi connectivity index (χ4n) is 1.49. The van der Waals surface area contributed by atoms with Gasteiger partial charge in [0.2, 0.25) is 0 Å². The quantitative estimate of drug-likeness (QED) is 0.502. The molecule has 9 heteroatoms. The smallest absolute Gasteiger partial charge is 0.150 e. The van der Waals surface area contributed by atoms with Crippen molar-refractivity contribution in [3.63, 3.8) is 0 Å². The van der Waals surface area contributed by atoms with Crippen molar-refractivity contribution >= 4 is 64.3 Å². The van der Waals surface area contributed by atoms with Crippen LogP contribution in [0, 0.1) is 0 Å². The molecular formula is C13H6Cl4N3O2-. The Bertz CT molecular complexity index is 765. The van der Waals surface area contributed by atoms with Crippen molar-refractivity contribution in [2.45, 2.75) is 0 Å². The van der Waals surface area contributed by atoms with E-state index >= 15 is 0 Å². The predicted molar refractivity (Wildman–Crippen MR) is 86.3 cm³/mol. The van der Waals surface area contributed by atoms with Gasteiger partial charge >= 0.3 is 0 Å². The minimum Gasteiger partial charge on any atom is -0.543 e. The molecule has 22 heavy (non-hydrogen) atoms. The molecule has 1 N–H and O–H groups in total. The number of carbonyl (C=O) groups is 1. The van der Waals surface area contributed by atoms with Gasteiger partial charge in [-0.2, -0.15) is 5.10 Å². The first-order valence-corrected chi connectivity index (χ1v) is 7.22. The number of carboxylic acid groups (broad SMARTS) is 1. The van der Waals surface area contributed by atoms with Crippen molar-refractivity contribution in [3.05, 3.63) is 55.7 Å². The molecule has 0 bridgehead atoms. The highest BCUT2D eigenvalue weighted by molar-refractivity contribution is 6.46. The Morgan fingerprint density at radius 2 is 1.86 bits per heavy atom. The highest BCUT2D eigenvalue weighted by Crippen LogP contribution is 2.36. The maximum atomic E-state index is 10.9. The van der Waals surface area contributed by atoms with Gasteiger partial charge in [0, 0.05) is 10.6 Å². The third-order valence-corrected chi connectivity index (χ3v) is 3.97. The van der Waals surface area contributed by atoms with E-state index in [9.17, 15) is 9.90 Å². The van der Waals surface area contributed by atoms with E-state index in [1.165, 1.54) is 6.21 Å². The summed E-state index contributed by atoms with van der Waals surface area (Å²) in [5.41, 5.74) is 2.64. The molecule has 2 aromatic rings. The van der Waals surface area contributed by atoms with Crippen LogP contribution in [0.15, 0.2) is 29.4 Å². The number of aromatic nitrogens is 1. The average molecular weight is 378 g/mol. The zero-order valence-corrected chi connectivity index (χ0v) is 13.6. The highest BCUT2D eigenvalue weighted by atomic mass is 35.5. The molecule has 0 atom stereocenters. The molecule has 0 saturated heterocycles. The molecule has 0 amide bonds. The van der Waals surface area contributed by atoms with Gasteiger partial charge in [0.05, 0.1) is 22.9 Å². The standard InChI is InChI=1S/C13H7Cl4N3O2/c14-7-4-2-1-3-6(7)5-18-20-10-8(15)11(13(21)22)19-12(17)9(10)16/h1-5H,(H,19,20)(H,21,22)/p-1/b18-5-. The first-order valence-electron chi connectivity index (χ1n) is 5.71. The summed E-state index contributed by atoms with van der Waals surface area (Å²) in [5.74, 6) is -1.58. The number of anilines is 1. The fraction of sp³-hybridized carbons (Fsp3) is 0. The average Bonchev–Trinajstić information content (AvgIpc) is 2.48. The first kappa shape index (κ1) is 16.8. The maximum absolute atomic E-state index is 10.9. The lowest BCUT2D eigenvalue weighted by Gasteiger charge is -2.12. The molecule has 114 valence electrons. The van der Waals surface area contributed by atoms with E-state index in [1.54, 1.807) is 24.3 Å². The van der Waals surface area contributed by atoms with Gasteiger partial charge < -0.3 is 9.90 Å². The summed E-state index contributed by atoms with van der Waals surface area (Å²) >= 11 is 23.6. The van der Waals surface area contributed by atoms with Crippen LogP contribution < -0.4 is 10.5 Å². The summed E-state index contributed by atoms with van der Waals surface area (Å²) in [6.45, 7) is 0. The molecular weight excluding hydrogens is 372 g/mol. The molecule has 1 heterocycles. The second-order valence-corrected chi connectivity index (χ2v) is 5.45. The molecule has 1 aromatic carbocycles. The number of hydrogen-bond acceptors (Lipinski definition) is 5. The molecule has 5 nitrogen and oxygen atoms in total. The number of pyridine rings is 1. The van der Waals surface area contributed by atoms with Crippen molar-refractivity contribution in [3.8, 4) is 0 Å². The first-order chi connectivity index (χ1) is 10.4. The Kier molecular flexibility index (Phi) is 5.47. The van der Waals surface area contributed by atoms with Gasteiger partial charge in [-0.05, 0) is 6.07 Å². The number of hydrazone groups is 1. The molecule has 0 saturated carbocycles. The summed E-state index contributed by atoms with van der Waals surface area (Å²) in [7, 11) is 0. The molecule has 0 fully saturated rings. The summed E-state index contributed by atoms with van der Waals surface area (Å²) < 4.78 is 0. The van der Waals surface area contributed by atoms with Crippen LogP contribution in [0.4, 0.5) is 5.69 Å². The number of rotatable bonds is 4. The molecule has 0 unspecified atom stereocenters. The second-order valence-electron chi connectivity index (χ2n) is 3.93. The van der Waals surface area contributed by atoms with E-state index in [2.05, 4.69) is 15.5 Å². The zero-order valence-electron chi connectivity index (χ0n) is 10.6. The number of carboxylic acids is 1. The van der Waals surface area contributed by atoms with E-state index in [-0.39, 0.29) is 20.9 Å². The number of halogens is 4. The third-order valence-electron chi connectivity index (χ3n) is 2.52. The lowest BCUT2D eigenvalue weighted by molar-refractivity contribution is -0.255. The van der Waals surface area contributed by atoms with Crippen molar-refractivity contribution in [1.82, 2.24) is 4.98 Å². The Morgan fingerprint density at radius 1 is 1.18 bits per heavy atom. The number of nitrogens with one attached hydrogen (secondary N) is 1. The van der Waals surface area contributed by atoms with Crippen LogP contribution in [0.5, 0.6) is 0 Å². The van der Waals surface area contributed by atoms with E-state index in [1.807, 2.05) is 0 Å². The van der Waals surface area contributed by atoms with Crippen LogP contribution in [0.2, 0.25) is 20.2 Å². The Hall–Kier alpha value is -1.53. The second kappa shape index (κ2) is 7.15. The number of benzene rings is 1. The van der Waals surface area contributed by atoms with Gasteiger partial charge in [-0.1, -0.05) is 64.6 Å². The van der Waals surface area contributed by atoms with Crippen LogP contribution in [0.1, 0.15) is 16.1 Å². The summed E-state index contributed by atoms with van der Waals surface area (Å²) in [6.07, 6.45) is 1.42. The van der Waals surface area contributed by atoms with E-state index < -0.39 is 11.7 Å². The molecule has 1 aromatic heterocycles. The van der Waals surface area contributed by atoms with E-state index in [4.69, 9.17) is 46.4 Å². The van der Waals surface area contributed by atoms with Crippen LogP contribution >= 0.6 is 46.4 Å². The summed E-state index contributed by atoms with van der Waals surface area (Å²) in [5, 5.41) is 14.8. The van der Waals surface area contributed by atoms with Crippen molar-refractivity contribution in [2.75, 3.05) is 5.43 Å². The SMILES string of the molecule is O=C([O-])c1nc(Cl)c(Cl)c(N/N=C\c2ccccc2Cl)c1Cl. The number of aromatic carboxylic acids is 1. The normalized spacial score (nSPS) is 10.9. The third kappa shape index (κ3) is 3.62. The van der Waals surface area contributed by atoms with Gasteiger partial charge in [-0.15, -0.1) is 0 Å². The van der Waals surface area contributed by atoms with Crippen LogP contribution in [-0.2, 0) is 0 Å². The van der Waals surface area contributed by atoms with Gasteiger partial charge in [0.1, 0.15) is 10.7 Å². The molecule has 0 aliphatic carbocycles. The summed E-state index contributed by atoms with van der Waals surface area (Å²) in [4.78, 5) is 14.5. The molecule has 0 radical (unpaired) electrons. The van der Waals surface area contributed by atoms with E-state index in [0.717, 1.165) is 0 Å². The molecule has 2 rings (SSSR count). The Morgan fingerprint density at radius 3 is 2.50 bits per heavy atom. The zero-order chi connectivity index (χ0) is 16.3. The monoisotopic (exact) mass is 376 g/mol. The minimum absolute atomic E-state index is 0.00540. The van der Waals surface area contributed by atoms with Crippen molar-refractivity contribution in [2.24, 2.45) is 5.10 Å². The molecule has 0 spiro atoms. The predicted octanol–water partition coefficient (Wildman–Crippen LogP) is 3.50. The largest absolute Gasteiger partial charge is 0.543 e. The van der Waals surface area contributed by atoms with Gasteiger partial charge in [-0.3, -0.25) is 5.43 Å². The maximum Gasteiger partial charge on any atom is 0.150 e. The molecule has 0 aliphatic rings. The highest BCUT2D eigenvalue weighted by Gasteiger charge is 2.16. The van der Waals surface area contributed by atoms with Crippen LogP contribution in [0.25, 0.3) is 0 Å². The lowest BCUT2D eigenvalue weighted by Crippen LogP contribution is -2.24. The van der Waals surface area contributed by atoms with Crippen LogP contribution in [0.3, 0.4) is 0 Å². The van der Waals surface area contributed by atoms with Gasteiger partial charge in [0.25, 0.3) is 0 Å². The lowest BCUT2D eigenvalue weighted by atomic mass is 10.2. The number of nitrogens with zero attached hydrogens (tertiary/aromatic N) is 2. The molecule has 0 aliphatic heterocycles. The van der Waals surface area contributed by atoms with Gasteiger partial charge in [-0.25, -0.2) is 4.98 Å². The minimum atomic E-state index is -1.58. The Labute approximate surface area is 145 Å². The Balaban J connectivity index is 2.34. The number of carbonyl (C=O) groups excluding carboxylic acids is 1. The fourth-order valence-corrected chi connectivity index (χ4v) is 2.34. The van der Waals surface area contributed by atoms with Crippen molar-refractivity contribution in [1.29, 1.82) is 0 Å².